The Morgan fingerprint density at radius 2 is 2.46 bits per heavy atom. The predicted molar refractivity (Wildman–Crippen MR) is 52.6 cm³/mol. The molecule has 0 saturated carbocycles. The van der Waals surface area contributed by atoms with Gasteiger partial charge in [0, 0.05) is 45.7 Å². The van der Waals surface area contributed by atoms with Crippen molar-refractivity contribution in [3.05, 3.63) is 0 Å². The summed E-state index contributed by atoms with van der Waals surface area (Å²) < 4.78 is 0. The van der Waals surface area contributed by atoms with Gasteiger partial charge in [-0.25, -0.2) is 0 Å². The van der Waals surface area contributed by atoms with Crippen LogP contribution in [0.1, 0.15) is 13.3 Å². The van der Waals surface area contributed by atoms with Crippen molar-refractivity contribution in [2.24, 2.45) is 0 Å². The van der Waals surface area contributed by atoms with Crippen LogP contribution >= 0.6 is 0 Å². The van der Waals surface area contributed by atoms with E-state index in [2.05, 4.69) is 22.5 Å². The number of piperazine rings is 1. The highest BCUT2D eigenvalue weighted by Gasteiger charge is 2.17. The monoisotopic (exact) mass is 185 g/mol. The van der Waals surface area contributed by atoms with Crippen LogP contribution < -0.4 is 10.6 Å². The molecule has 0 aromatic rings. The number of nitrogens with zero attached hydrogens (tertiary/aromatic N) is 1. The molecule has 0 aromatic carbocycles. The van der Waals surface area contributed by atoms with Crippen LogP contribution in [-0.4, -0.2) is 50.1 Å². The molecule has 1 amide bonds. The van der Waals surface area contributed by atoms with E-state index >= 15 is 0 Å². The fourth-order valence-electron chi connectivity index (χ4n) is 1.59. The number of carbonyl (C=O) groups excluding carboxylic acids is 1. The largest absolute Gasteiger partial charge is 0.359 e. The molecule has 1 fully saturated rings. The van der Waals surface area contributed by atoms with Gasteiger partial charge in [-0.05, 0) is 6.92 Å². The zero-order valence-electron chi connectivity index (χ0n) is 8.47. The van der Waals surface area contributed by atoms with Gasteiger partial charge in [-0.15, -0.1) is 0 Å². The molecule has 1 saturated heterocycles. The molecule has 0 aliphatic carbocycles. The van der Waals surface area contributed by atoms with Gasteiger partial charge in [0.05, 0.1) is 0 Å². The van der Waals surface area contributed by atoms with Crippen molar-refractivity contribution in [1.29, 1.82) is 0 Å². The number of rotatable bonds is 3. The normalized spacial score (nSPS) is 24.3. The van der Waals surface area contributed by atoms with Gasteiger partial charge < -0.3 is 10.6 Å². The smallest absolute Gasteiger partial charge is 0.221 e. The Labute approximate surface area is 79.7 Å². The van der Waals surface area contributed by atoms with E-state index < -0.39 is 0 Å². The van der Waals surface area contributed by atoms with E-state index in [1.54, 1.807) is 7.05 Å². The first-order valence-electron chi connectivity index (χ1n) is 4.89. The van der Waals surface area contributed by atoms with Gasteiger partial charge >= 0.3 is 0 Å². The summed E-state index contributed by atoms with van der Waals surface area (Å²) in [4.78, 5) is 13.4. The van der Waals surface area contributed by atoms with Crippen LogP contribution in [0.15, 0.2) is 0 Å². The first-order valence-corrected chi connectivity index (χ1v) is 4.89. The maximum Gasteiger partial charge on any atom is 0.221 e. The summed E-state index contributed by atoms with van der Waals surface area (Å²) in [5, 5.41) is 5.96. The van der Waals surface area contributed by atoms with E-state index in [0.29, 0.717) is 12.5 Å². The summed E-state index contributed by atoms with van der Waals surface area (Å²) in [6, 6.07) is 0.554. The third-order valence-electron chi connectivity index (χ3n) is 2.54. The molecule has 4 nitrogen and oxygen atoms in total. The number of hydrogen-bond donors (Lipinski definition) is 2. The number of amides is 1. The van der Waals surface area contributed by atoms with Crippen LogP contribution in [0.5, 0.6) is 0 Å². The van der Waals surface area contributed by atoms with Gasteiger partial charge in [-0.2, -0.15) is 0 Å². The van der Waals surface area contributed by atoms with E-state index in [1.807, 2.05) is 0 Å². The van der Waals surface area contributed by atoms with Crippen LogP contribution in [0.4, 0.5) is 0 Å². The summed E-state index contributed by atoms with van der Waals surface area (Å²) in [7, 11) is 1.68. The molecule has 1 rings (SSSR count). The fourth-order valence-corrected chi connectivity index (χ4v) is 1.59. The van der Waals surface area contributed by atoms with Crippen LogP contribution in [-0.2, 0) is 4.79 Å². The standard InChI is InChI=1S/C9H19N3O/c1-8-7-11-4-6-12(8)5-3-9(13)10-2/h8,11H,3-7H2,1-2H3,(H,10,13). The molecular weight excluding hydrogens is 166 g/mol. The van der Waals surface area contributed by atoms with Crippen molar-refractivity contribution >= 4 is 5.91 Å². The van der Waals surface area contributed by atoms with Crippen LogP contribution in [0, 0.1) is 0 Å². The number of nitrogens with one attached hydrogen (secondary N) is 2. The van der Waals surface area contributed by atoms with Crippen LogP contribution in [0.2, 0.25) is 0 Å². The maximum atomic E-state index is 11.0. The van der Waals surface area contributed by atoms with Gasteiger partial charge in [0.15, 0.2) is 0 Å². The minimum absolute atomic E-state index is 0.130. The topological polar surface area (TPSA) is 44.4 Å². The molecule has 1 heterocycles. The van der Waals surface area contributed by atoms with Gasteiger partial charge in [0.2, 0.25) is 5.91 Å². The van der Waals surface area contributed by atoms with Crippen molar-refractivity contribution in [2.75, 3.05) is 33.2 Å². The molecule has 1 aliphatic rings. The molecule has 0 aromatic heterocycles. The lowest BCUT2D eigenvalue weighted by Crippen LogP contribution is -2.50. The van der Waals surface area contributed by atoms with Gasteiger partial charge in [0.1, 0.15) is 0 Å². The molecule has 13 heavy (non-hydrogen) atoms. The van der Waals surface area contributed by atoms with E-state index in [-0.39, 0.29) is 5.91 Å². The SMILES string of the molecule is CNC(=O)CCN1CCNCC1C. The molecule has 4 heteroatoms. The lowest BCUT2D eigenvalue weighted by Gasteiger charge is -2.33. The third kappa shape index (κ3) is 3.32. The summed E-state index contributed by atoms with van der Waals surface area (Å²) in [5.41, 5.74) is 0. The third-order valence-corrected chi connectivity index (χ3v) is 2.54. The number of carbonyl (C=O) groups is 1. The van der Waals surface area contributed by atoms with Gasteiger partial charge in [0.25, 0.3) is 0 Å². The Bertz CT molecular complexity index is 172. The van der Waals surface area contributed by atoms with Gasteiger partial charge in [-0.3, -0.25) is 9.69 Å². The zero-order valence-corrected chi connectivity index (χ0v) is 8.47. The second kappa shape index (κ2) is 5.19. The van der Waals surface area contributed by atoms with Crippen molar-refractivity contribution in [1.82, 2.24) is 15.5 Å². The first kappa shape index (κ1) is 10.5. The maximum absolute atomic E-state index is 11.0. The summed E-state index contributed by atoms with van der Waals surface area (Å²) >= 11 is 0. The molecule has 0 bridgehead atoms. The van der Waals surface area contributed by atoms with Crippen molar-refractivity contribution < 1.29 is 4.79 Å². The second-order valence-corrected chi connectivity index (χ2v) is 3.51. The Hall–Kier alpha value is -0.610. The van der Waals surface area contributed by atoms with E-state index in [4.69, 9.17) is 0 Å². The molecule has 1 aliphatic heterocycles. The van der Waals surface area contributed by atoms with Crippen molar-refractivity contribution in [2.45, 2.75) is 19.4 Å². The first-order chi connectivity index (χ1) is 6.24. The Balaban J connectivity index is 2.22. The average Bonchev–Trinajstić information content (AvgIpc) is 2.16. The Morgan fingerprint density at radius 1 is 1.69 bits per heavy atom. The number of hydrogen-bond acceptors (Lipinski definition) is 3. The zero-order chi connectivity index (χ0) is 9.68. The highest BCUT2D eigenvalue weighted by molar-refractivity contribution is 5.75. The Morgan fingerprint density at radius 3 is 3.08 bits per heavy atom. The molecule has 0 radical (unpaired) electrons. The van der Waals surface area contributed by atoms with E-state index in [9.17, 15) is 4.79 Å². The molecular formula is C9H19N3O. The highest BCUT2D eigenvalue weighted by atomic mass is 16.1. The van der Waals surface area contributed by atoms with Gasteiger partial charge in [-0.1, -0.05) is 0 Å². The van der Waals surface area contributed by atoms with Crippen LogP contribution in [0.25, 0.3) is 0 Å². The predicted octanol–water partition coefficient (Wildman–Crippen LogP) is -0.584. The molecule has 76 valence electrons. The minimum Gasteiger partial charge on any atom is -0.359 e. The Kier molecular flexibility index (Phi) is 4.18. The molecule has 2 N–H and O–H groups in total. The summed E-state index contributed by atoms with van der Waals surface area (Å²) in [6.07, 6.45) is 0.612. The quantitative estimate of drug-likeness (QED) is 0.618. The summed E-state index contributed by atoms with van der Waals surface area (Å²) in [5.74, 6) is 0.130. The second-order valence-electron chi connectivity index (χ2n) is 3.51. The van der Waals surface area contributed by atoms with E-state index in [1.165, 1.54) is 0 Å². The average molecular weight is 185 g/mol. The summed E-state index contributed by atoms with van der Waals surface area (Å²) in [6.45, 7) is 6.20. The lowest BCUT2D eigenvalue weighted by atomic mass is 10.2. The van der Waals surface area contributed by atoms with Crippen molar-refractivity contribution in [3.8, 4) is 0 Å². The lowest BCUT2D eigenvalue weighted by molar-refractivity contribution is -0.121. The minimum atomic E-state index is 0.130. The fraction of sp³-hybridized carbons (Fsp3) is 0.889. The molecule has 1 unspecified atom stereocenters. The van der Waals surface area contributed by atoms with Crippen molar-refractivity contribution in [3.63, 3.8) is 0 Å². The van der Waals surface area contributed by atoms with Crippen LogP contribution in [0.3, 0.4) is 0 Å². The molecule has 0 spiro atoms. The molecule has 1 atom stereocenters. The van der Waals surface area contributed by atoms with E-state index in [0.717, 1.165) is 26.2 Å². The highest BCUT2D eigenvalue weighted by Crippen LogP contribution is 2.02.